The molecule has 0 heterocycles. The van der Waals surface area contributed by atoms with E-state index in [1.807, 2.05) is 0 Å². The summed E-state index contributed by atoms with van der Waals surface area (Å²) in [6, 6.07) is 0. The summed E-state index contributed by atoms with van der Waals surface area (Å²) in [7, 11) is -3.85. The van der Waals surface area contributed by atoms with Gasteiger partial charge in [0.25, 0.3) is 10.1 Å². The van der Waals surface area contributed by atoms with Crippen LogP contribution in [0.2, 0.25) is 0 Å². The third-order valence-corrected chi connectivity index (χ3v) is 1.36. The maximum absolute atomic E-state index is 9.83. The van der Waals surface area contributed by atoms with Gasteiger partial charge in [-0.25, -0.2) is 0 Å². The molecular weight excluding hydrogens is 171 g/mol. The molecule has 0 fully saturated rings. The summed E-state index contributed by atoms with van der Waals surface area (Å²) in [5, 5.41) is 8.05. The minimum Gasteiger partial charge on any atom is -0.396 e. The summed E-state index contributed by atoms with van der Waals surface area (Å²) < 4.78 is 27.7. The topological polar surface area (TPSA) is 74.6 Å². The van der Waals surface area contributed by atoms with Gasteiger partial charge in [-0.15, -0.1) is 0 Å². The molecule has 9 heavy (non-hydrogen) atoms. The fraction of sp³-hybridized carbons (Fsp3) is 1.00. The Balaban J connectivity index is 0. The predicted octanol–water partition coefficient (Wildman–Crippen LogP) is -1.12. The SMILES string of the molecule is O=S(=O)(O)CCCO.[K]. The van der Waals surface area contributed by atoms with Crippen molar-refractivity contribution in [2.24, 2.45) is 0 Å². The number of hydrogen-bond acceptors (Lipinski definition) is 3. The van der Waals surface area contributed by atoms with Gasteiger partial charge in [-0.2, -0.15) is 8.42 Å². The van der Waals surface area contributed by atoms with Gasteiger partial charge in [0.1, 0.15) is 0 Å². The number of hydrogen-bond donors (Lipinski definition) is 2. The van der Waals surface area contributed by atoms with Crippen LogP contribution < -0.4 is 0 Å². The van der Waals surface area contributed by atoms with Gasteiger partial charge >= 0.3 is 0 Å². The minimum absolute atomic E-state index is 0. The van der Waals surface area contributed by atoms with E-state index in [0.717, 1.165) is 0 Å². The smallest absolute Gasteiger partial charge is 0.264 e. The van der Waals surface area contributed by atoms with E-state index in [1.165, 1.54) is 0 Å². The molecule has 0 aliphatic heterocycles. The average molecular weight is 179 g/mol. The zero-order valence-corrected chi connectivity index (χ0v) is 9.18. The van der Waals surface area contributed by atoms with Crippen molar-refractivity contribution >= 4 is 61.5 Å². The molecule has 0 saturated heterocycles. The Bertz CT molecular complexity index is 140. The van der Waals surface area contributed by atoms with E-state index in [-0.39, 0.29) is 70.2 Å². The van der Waals surface area contributed by atoms with Gasteiger partial charge in [-0.05, 0) is 6.42 Å². The van der Waals surface area contributed by atoms with E-state index >= 15 is 0 Å². The van der Waals surface area contributed by atoms with Crippen LogP contribution in [0, 0.1) is 0 Å². The van der Waals surface area contributed by atoms with Crippen molar-refractivity contribution in [3.8, 4) is 0 Å². The van der Waals surface area contributed by atoms with Gasteiger partial charge in [0.15, 0.2) is 0 Å². The van der Waals surface area contributed by atoms with Crippen LogP contribution in [-0.4, -0.2) is 81.8 Å². The molecule has 0 aromatic rings. The predicted molar refractivity (Wildman–Crippen MR) is 33.9 cm³/mol. The van der Waals surface area contributed by atoms with Crippen molar-refractivity contribution in [2.75, 3.05) is 12.4 Å². The largest absolute Gasteiger partial charge is 0.396 e. The quantitative estimate of drug-likeness (QED) is 0.425. The second kappa shape index (κ2) is 6.23. The number of aliphatic hydroxyl groups excluding tert-OH is 1. The first-order chi connectivity index (χ1) is 3.56. The third kappa shape index (κ3) is 12.7. The zero-order valence-electron chi connectivity index (χ0n) is 5.24. The summed E-state index contributed by atoms with van der Waals surface area (Å²) in [6.07, 6.45) is 0.0961. The Hall–Kier alpha value is 1.51. The second-order valence-electron chi connectivity index (χ2n) is 1.36. The Kier molecular flexibility index (Phi) is 9.09. The van der Waals surface area contributed by atoms with Crippen molar-refractivity contribution in [2.45, 2.75) is 6.42 Å². The molecule has 2 N–H and O–H groups in total. The molecule has 0 aromatic heterocycles. The molecule has 1 radical (unpaired) electrons. The van der Waals surface area contributed by atoms with Crippen molar-refractivity contribution in [1.82, 2.24) is 0 Å². The molecule has 6 heteroatoms. The summed E-state index contributed by atoms with van der Waals surface area (Å²) >= 11 is 0. The van der Waals surface area contributed by atoms with Crippen LogP contribution in [0.1, 0.15) is 6.42 Å². The van der Waals surface area contributed by atoms with E-state index in [2.05, 4.69) is 0 Å². The Morgan fingerprint density at radius 1 is 1.33 bits per heavy atom. The van der Waals surface area contributed by atoms with Gasteiger partial charge in [0, 0.05) is 58.0 Å². The summed E-state index contributed by atoms with van der Waals surface area (Å²) in [5.74, 6) is -0.358. The first-order valence-electron chi connectivity index (χ1n) is 2.12. The van der Waals surface area contributed by atoms with Crippen LogP contribution in [0.3, 0.4) is 0 Å². The van der Waals surface area contributed by atoms with Crippen LogP contribution >= 0.6 is 0 Å². The molecule has 0 atom stereocenters. The fourth-order valence-electron chi connectivity index (χ4n) is 0.247. The van der Waals surface area contributed by atoms with Gasteiger partial charge in [0.2, 0.25) is 0 Å². The molecule has 0 bridgehead atoms. The molecule has 0 aliphatic rings. The molecule has 0 rings (SSSR count). The van der Waals surface area contributed by atoms with Crippen LogP contribution in [0.15, 0.2) is 0 Å². The van der Waals surface area contributed by atoms with Gasteiger partial charge in [-0.1, -0.05) is 0 Å². The summed E-state index contributed by atoms with van der Waals surface area (Å²) in [5.41, 5.74) is 0. The maximum atomic E-state index is 9.83. The normalized spacial score (nSPS) is 10.4. The van der Waals surface area contributed by atoms with Crippen molar-refractivity contribution in [3.05, 3.63) is 0 Å². The van der Waals surface area contributed by atoms with Gasteiger partial charge < -0.3 is 5.11 Å². The number of aliphatic hydroxyl groups is 1. The Labute approximate surface area is 96.8 Å². The van der Waals surface area contributed by atoms with E-state index in [0.29, 0.717) is 0 Å². The van der Waals surface area contributed by atoms with E-state index < -0.39 is 10.1 Å². The molecule has 0 aromatic carbocycles. The van der Waals surface area contributed by atoms with E-state index in [9.17, 15) is 8.42 Å². The molecule has 0 unspecified atom stereocenters. The molecule has 4 nitrogen and oxygen atoms in total. The van der Waals surface area contributed by atoms with Gasteiger partial charge in [0.05, 0.1) is 5.75 Å². The monoisotopic (exact) mass is 179 g/mol. The maximum Gasteiger partial charge on any atom is 0.264 e. The van der Waals surface area contributed by atoms with Crippen LogP contribution in [0.5, 0.6) is 0 Å². The van der Waals surface area contributed by atoms with Crippen LogP contribution in [-0.2, 0) is 10.1 Å². The average Bonchev–Trinajstić information content (AvgIpc) is 1.59. The standard InChI is InChI=1S/C3H8O4S.K/c4-2-1-3-8(5,6)7;/h4H,1-3H2,(H,5,6,7);. The minimum atomic E-state index is -3.85. The Morgan fingerprint density at radius 2 is 1.78 bits per heavy atom. The summed E-state index contributed by atoms with van der Waals surface area (Å²) in [4.78, 5) is 0. The second-order valence-corrected chi connectivity index (χ2v) is 2.94. The van der Waals surface area contributed by atoms with Crippen LogP contribution in [0.25, 0.3) is 0 Å². The Morgan fingerprint density at radius 3 is 1.89 bits per heavy atom. The molecule has 0 amide bonds. The third-order valence-electron chi connectivity index (χ3n) is 0.560. The molecular formula is C3H8KO4S. The van der Waals surface area contributed by atoms with E-state index in [4.69, 9.17) is 9.66 Å². The first-order valence-corrected chi connectivity index (χ1v) is 3.73. The molecule has 0 aliphatic carbocycles. The molecule has 51 valence electrons. The van der Waals surface area contributed by atoms with E-state index in [1.54, 1.807) is 0 Å². The molecule has 0 saturated carbocycles. The number of rotatable bonds is 3. The molecule has 0 spiro atoms. The van der Waals surface area contributed by atoms with Crippen molar-refractivity contribution in [3.63, 3.8) is 0 Å². The zero-order chi connectivity index (χ0) is 6.62. The van der Waals surface area contributed by atoms with Crippen molar-refractivity contribution in [1.29, 1.82) is 0 Å². The summed E-state index contributed by atoms with van der Waals surface area (Å²) in [6.45, 7) is -0.209. The first kappa shape index (κ1) is 13.1. The van der Waals surface area contributed by atoms with Crippen molar-refractivity contribution < 1.29 is 18.1 Å². The van der Waals surface area contributed by atoms with Gasteiger partial charge in [-0.3, -0.25) is 4.55 Å². The van der Waals surface area contributed by atoms with Crippen LogP contribution in [0.4, 0.5) is 0 Å². The fourth-order valence-corrected chi connectivity index (χ4v) is 0.741.